The smallest absolute Gasteiger partial charge is 0.457 e. The van der Waals surface area contributed by atoms with Crippen LogP contribution in [0.3, 0.4) is 0 Å². The van der Waals surface area contributed by atoms with Crippen molar-refractivity contribution >= 4 is 39.8 Å². The Bertz CT molecular complexity index is 2130. The van der Waals surface area contributed by atoms with Gasteiger partial charge in [0.1, 0.15) is 30.4 Å². The number of nitrogens with one attached hydrogen (secondary N) is 2. The van der Waals surface area contributed by atoms with E-state index in [0.29, 0.717) is 25.7 Å². The zero-order chi connectivity index (χ0) is 73.1. The highest BCUT2D eigenvalue weighted by atomic mass is 31.2. The number of carbonyl (C=O) groups excluding carboxylic acids is 4. The highest BCUT2D eigenvalue weighted by molar-refractivity contribution is 7.46. The van der Waals surface area contributed by atoms with Crippen LogP contribution in [0.25, 0.3) is 0 Å². The van der Waals surface area contributed by atoms with Gasteiger partial charge in [-0.25, -0.2) is 9.82 Å². The van der Waals surface area contributed by atoms with E-state index in [1.54, 1.807) is 0 Å². The van der Waals surface area contributed by atoms with Crippen LogP contribution in [0.5, 0.6) is 0 Å². The number of rotatable bonds is 64. The Hall–Kier alpha value is -2.43. The Kier molecular flexibility index (Phi) is 53.1. The molecule has 0 aromatic carbocycles. The third-order valence-corrected chi connectivity index (χ3v) is 19.1. The van der Waals surface area contributed by atoms with Gasteiger partial charge in [-0.15, -0.1) is 4.52 Å². The highest BCUT2D eigenvalue weighted by Gasteiger charge is 2.55. The molecule has 2 amide bonds. The maximum Gasteiger partial charge on any atom is 0.728 e. The Morgan fingerprint density at radius 2 is 0.816 bits per heavy atom. The molecule has 2 saturated heterocycles. The zero-order valence-electron chi connectivity index (χ0n) is 60.9. The maximum absolute atomic E-state index is 14.2. The lowest BCUT2D eigenvalue weighted by molar-refractivity contribution is -0.305. The third kappa shape index (κ3) is 44.3. The summed E-state index contributed by atoms with van der Waals surface area (Å²) < 4.78 is 83.4. The van der Waals surface area contributed by atoms with Crippen LogP contribution >= 0.6 is 16.1 Å². The van der Waals surface area contributed by atoms with Gasteiger partial charge in [0.2, 0.25) is 11.8 Å². The Balaban J connectivity index is 2.62. The fraction of sp³-hybridized carbons (Fsp3) is 0.943. The second-order valence-corrected chi connectivity index (χ2v) is 29.1. The summed E-state index contributed by atoms with van der Waals surface area (Å²) in [6, 6.07) is -3.46. The van der Waals surface area contributed by atoms with E-state index in [-0.39, 0.29) is 25.7 Å². The minimum absolute atomic E-state index is 0.223. The van der Waals surface area contributed by atoms with E-state index in [4.69, 9.17) is 34.3 Å². The van der Waals surface area contributed by atoms with Crippen LogP contribution in [0.1, 0.15) is 312 Å². The topological polar surface area (TPSA) is 392 Å². The van der Waals surface area contributed by atoms with Crippen LogP contribution in [0.2, 0.25) is 0 Å². The molecule has 98 heavy (non-hydrogen) atoms. The monoisotopic (exact) mass is 1450 g/mol. The maximum atomic E-state index is 14.2. The lowest BCUT2D eigenvalue weighted by Gasteiger charge is -2.46. The molecule has 0 spiro atoms. The molecule has 576 valence electrons. The molecule has 26 nitrogen and oxygen atoms in total. The number of unbranched alkanes of at least 4 members (excludes halogenated alkanes) is 32. The van der Waals surface area contributed by atoms with Crippen molar-refractivity contribution < 1.29 is 118 Å². The second kappa shape index (κ2) is 57.9. The van der Waals surface area contributed by atoms with E-state index in [2.05, 4.69) is 47.5 Å². The number of esters is 2. The molecule has 6 unspecified atom stereocenters. The first-order valence-electron chi connectivity index (χ1n) is 38.3. The number of amides is 2. The minimum atomic E-state index is -5.30. The lowest BCUT2D eigenvalue weighted by Crippen LogP contribution is -2.68. The quantitative estimate of drug-likeness (QED) is 0.00886. The third-order valence-electron chi connectivity index (χ3n) is 18.1. The van der Waals surface area contributed by atoms with Gasteiger partial charge in [0.15, 0.2) is 30.9 Å². The normalized spacial score (nSPS) is 23.1. The molecule has 0 aliphatic carbocycles. The Morgan fingerprint density at radius 1 is 0.490 bits per heavy atom. The average molecular weight is 1450 g/mol. The van der Waals surface area contributed by atoms with Crippen LogP contribution < -0.4 is 10.6 Å². The van der Waals surface area contributed by atoms with Crippen molar-refractivity contribution in [2.45, 2.75) is 396 Å². The molecule has 2 heterocycles. The molecule has 0 saturated carbocycles. The number of ether oxygens (including phenoxy) is 6. The highest BCUT2D eigenvalue weighted by Crippen LogP contribution is 2.37. The zero-order valence-corrected chi connectivity index (χ0v) is 61.7. The summed E-state index contributed by atoms with van der Waals surface area (Å²) in [5.74, 6) is -3.76. The van der Waals surface area contributed by atoms with Gasteiger partial charge in [0.25, 0.3) is 0 Å². The summed E-state index contributed by atoms with van der Waals surface area (Å²) in [4.78, 5) is 75.3. The van der Waals surface area contributed by atoms with Crippen LogP contribution in [0.4, 0.5) is 0 Å². The van der Waals surface area contributed by atoms with Crippen molar-refractivity contribution in [2.75, 3.05) is 26.4 Å². The van der Waals surface area contributed by atoms with Gasteiger partial charge in [-0.3, -0.25) is 23.7 Å². The van der Waals surface area contributed by atoms with Gasteiger partial charge in [-0.2, -0.15) is 0 Å². The number of aliphatic hydroxyl groups excluding tert-OH is 6. The molecule has 0 radical (unpaired) electrons. The molecule has 11 N–H and O–H groups in total. The van der Waals surface area contributed by atoms with Crippen molar-refractivity contribution in [3.05, 3.63) is 0 Å². The van der Waals surface area contributed by atoms with Crippen molar-refractivity contribution in [1.29, 1.82) is 0 Å². The van der Waals surface area contributed by atoms with Gasteiger partial charge in [0.05, 0.1) is 82.5 Å². The molecule has 2 aliphatic heterocycles. The predicted octanol–water partition coefficient (Wildman–Crippen LogP) is 11.9. The largest absolute Gasteiger partial charge is 0.728 e. The molecule has 0 aromatic rings. The van der Waals surface area contributed by atoms with Gasteiger partial charge >= 0.3 is 28.0 Å². The van der Waals surface area contributed by atoms with Gasteiger partial charge in [0, 0.05) is 4.57 Å². The van der Waals surface area contributed by atoms with E-state index < -0.39 is 178 Å². The van der Waals surface area contributed by atoms with Crippen LogP contribution in [-0.2, 0) is 70.5 Å². The van der Waals surface area contributed by atoms with Gasteiger partial charge < -0.3 is 79.5 Å². The first-order chi connectivity index (χ1) is 47.6. The number of phosphoric acid groups is 1. The van der Waals surface area contributed by atoms with Crippen molar-refractivity contribution in [2.24, 2.45) is 0 Å². The molecule has 0 bridgehead atoms. The molecule has 28 heteroatoms. The summed E-state index contributed by atoms with van der Waals surface area (Å²) in [5, 5.41) is 82.5. The number of hydrogen-bond donors (Lipinski definition) is 11. The van der Waals surface area contributed by atoms with E-state index >= 15 is 0 Å². The lowest BCUT2D eigenvalue weighted by atomic mass is 9.95. The van der Waals surface area contributed by atoms with Gasteiger partial charge in [-0.05, 0) is 25.7 Å². The average Bonchev–Trinajstić information content (AvgIpc) is 0.788. The molecule has 16 atom stereocenters. The van der Waals surface area contributed by atoms with E-state index in [0.717, 1.165) is 154 Å². The standard InChI is InChI=1S/C70H132N2O24P2/c1-5-9-13-17-21-25-29-33-37-41-53(74)47-59(78)71-63-67(93-61(80)49-55(76)43-39-35-31-27-23-19-15-11-7-3)65(82)58(92-69(63)88-45-46-90-98(85,86)87)52-89-70-64(72-60(79)48-54(75)42-38-34-30-26-22-18-14-10-6-2)68(66(57(51-73)91-70)95-97(84)96-83)94-62(81)50-56(77)44-40-36-32-28-24-20-16-12-8-4/h53-58,63-70,73-77,82H,5-52H2,1-4H3,(H4-,71,72,78,79,83,85,86,87)/p+1/t53-,54-,55-,56-,57?,58?,63?,64?,65+,66+,67-,68-,69-,70-/m1/s1/i46T/t46?,53-,54-,55-,56-,57?,58?,63?,64?,65+,66+,67-,68-,69-,70-. The Morgan fingerprint density at radius 3 is 1.17 bits per heavy atom. The molecule has 2 aliphatic rings. The fourth-order valence-electron chi connectivity index (χ4n) is 12.5. The summed E-state index contributed by atoms with van der Waals surface area (Å²) in [7, 11) is -8.75. The fourth-order valence-corrected chi connectivity index (χ4v) is 13.3. The molecule has 2 rings (SSSR count). The van der Waals surface area contributed by atoms with Crippen LogP contribution in [0, 0.1) is 0 Å². The van der Waals surface area contributed by atoms with Crippen molar-refractivity contribution in [3.8, 4) is 0 Å². The van der Waals surface area contributed by atoms with E-state index in [9.17, 15) is 74.0 Å². The molecular weight excluding hydrogens is 1310 g/mol. The summed E-state index contributed by atoms with van der Waals surface area (Å²) in [5.41, 5.74) is 0. The van der Waals surface area contributed by atoms with Gasteiger partial charge in [-0.1, -0.05) is 259 Å². The number of aliphatic hydroxyl groups is 6. The summed E-state index contributed by atoms with van der Waals surface area (Å²) in [6.07, 6.45) is 15.7. The van der Waals surface area contributed by atoms with Crippen LogP contribution in [-0.4, -0.2) is 182 Å². The minimum Gasteiger partial charge on any atom is -0.457 e. The first-order valence-corrected chi connectivity index (χ1v) is 40.4. The Labute approximate surface area is 588 Å². The summed E-state index contributed by atoms with van der Waals surface area (Å²) in [6.45, 7) is 3.68. The number of phosphoric ester groups is 1. The predicted molar refractivity (Wildman–Crippen MR) is 370 cm³/mol. The first kappa shape index (κ1) is 89.8. The van der Waals surface area contributed by atoms with Crippen molar-refractivity contribution in [3.63, 3.8) is 0 Å². The molecular formula is C70H133N2O24P2+. The SMILES string of the molecule is [3H]C(CO[C@@H]1OC(CO[C@@H]2OC(CO)[C@H](O[P+](=O)OO)[C@H](OC(=O)C[C@H](O)CCCCCCCCCCC)C2NC(=O)C[C@H](O)CCCCCCCCCCC)[C@H](O)[C@H](OC(=O)C[C@H](O)CCCCCCCCCCC)C1NC(=O)C[C@H](O)CCCCCCCCCCC)OP(=O)(O)O. The van der Waals surface area contributed by atoms with E-state index in [1.807, 2.05) is 0 Å². The number of hydrogen-bond acceptors (Lipinski definition) is 22. The molecule has 0 aromatic heterocycles. The summed E-state index contributed by atoms with van der Waals surface area (Å²) >= 11 is 0. The van der Waals surface area contributed by atoms with E-state index in [1.165, 1.54) is 51.4 Å². The van der Waals surface area contributed by atoms with Crippen molar-refractivity contribution in [1.82, 2.24) is 10.6 Å². The van der Waals surface area contributed by atoms with Crippen LogP contribution in [0.15, 0.2) is 0 Å². The number of carbonyl (C=O) groups is 4. The second-order valence-electron chi connectivity index (χ2n) is 27.1. The molecule has 2 fully saturated rings.